The van der Waals surface area contributed by atoms with Crippen molar-refractivity contribution in [3.05, 3.63) is 0 Å². The van der Waals surface area contributed by atoms with E-state index >= 15 is 0 Å². The van der Waals surface area contributed by atoms with Crippen LogP contribution < -0.4 is 5.32 Å². The zero-order chi connectivity index (χ0) is 11.5. The van der Waals surface area contributed by atoms with Crippen LogP contribution in [0.25, 0.3) is 0 Å². The van der Waals surface area contributed by atoms with Crippen LogP contribution in [0, 0.1) is 5.41 Å². The second kappa shape index (κ2) is 5.28. The standard InChI is InChI=1S/C12H26N2O/c1-10(2)14(7-8-15)9-11-12(3,4)5-6-13-11/h10-11,13,15H,5-9H2,1-4H3. The number of hydrogen-bond acceptors (Lipinski definition) is 3. The lowest BCUT2D eigenvalue weighted by molar-refractivity contribution is 0.133. The van der Waals surface area contributed by atoms with Crippen LogP contribution in [0.5, 0.6) is 0 Å². The van der Waals surface area contributed by atoms with Crippen LogP contribution in [0.4, 0.5) is 0 Å². The highest BCUT2D eigenvalue weighted by atomic mass is 16.3. The molecule has 0 bridgehead atoms. The predicted molar refractivity (Wildman–Crippen MR) is 64.0 cm³/mol. The highest BCUT2D eigenvalue weighted by molar-refractivity contribution is 4.93. The van der Waals surface area contributed by atoms with Gasteiger partial charge in [-0.3, -0.25) is 4.90 Å². The van der Waals surface area contributed by atoms with Gasteiger partial charge in [0.2, 0.25) is 0 Å². The van der Waals surface area contributed by atoms with Gasteiger partial charge in [-0.15, -0.1) is 0 Å². The summed E-state index contributed by atoms with van der Waals surface area (Å²) in [5, 5.41) is 12.6. The molecule has 0 amide bonds. The average molecular weight is 214 g/mol. The molecule has 1 rings (SSSR count). The van der Waals surface area contributed by atoms with E-state index in [9.17, 15) is 0 Å². The minimum Gasteiger partial charge on any atom is -0.395 e. The SMILES string of the molecule is CC(C)N(CCO)CC1NCCC1(C)C. The fraction of sp³-hybridized carbons (Fsp3) is 1.00. The van der Waals surface area contributed by atoms with Crippen LogP contribution in [-0.4, -0.2) is 48.3 Å². The lowest BCUT2D eigenvalue weighted by Crippen LogP contribution is -2.47. The first kappa shape index (κ1) is 12.9. The van der Waals surface area contributed by atoms with Crippen LogP contribution in [0.3, 0.4) is 0 Å². The Labute approximate surface area is 93.9 Å². The molecular formula is C12H26N2O. The van der Waals surface area contributed by atoms with Gasteiger partial charge in [0.15, 0.2) is 0 Å². The summed E-state index contributed by atoms with van der Waals surface area (Å²) in [5.74, 6) is 0. The Kier molecular flexibility index (Phi) is 4.56. The Morgan fingerprint density at radius 2 is 2.13 bits per heavy atom. The first-order chi connectivity index (χ1) is 6.97. The first-order valence-corrected chi connectivity index (χ1v) is 6.05. The monoisotopic (exact) mass is 214 g/mol. The third-order valence-electron chi connectivity index (χ3n) is 3.64. The number of rotatable bonds is 5. The van der Waals surface area contributed by atoms with Gasteiger partial charge in [-0.25, -0.2) is 0 Å². The maximum Gasteiger partial charge on any atom is 0.0558 e. The van der Waals surface area contributed by atoms with Crippen LogP contribution in [0.2, 0.25) is 0 Å². The van der Waals surface area contributed by atoms with Crippen molar-refractivity contribution in [1.29, 1.82) is 0 Å². The summed E-state index contributed by atoms with van der Waals surface area (Å²) >= 11 is 0. The highest BCUT2D eigenvalue weighted by Gasteiger charge is 2.35. The average Bonchev–Trinajstić information content (AvgIpc) is 2.45. The minimum absolute atomic E-state index is 0.255. The number of aliphatic hydroxyl groups excluding tert-OH is 1. The third-order valence-corrected chi connectivity index (χ3v) is 3.64. The van der Waals surface area contributed by atoms with Gasteiger partial charge in [-0.2, -0.15) is 0 Å². The van der Waals surface area contributed by atoms with Crippen molar-refractivity contribution in [3.63, 3.8) is 0 Å². The molecule has 3 heteroatoms. The number of aliphatic hydroxyl groups is 1. The number of hydrogen-bond donors (Lipinski definition) is 2. The van der Waals surface area contributed by atoms with E-state index in [-0.39, 0.29) is 6.61 Å². The van der Waals surface area contributed by atoms with Gasteiger partial charge in [0.05, 0.1) is 6.61 Å². The number of nitrogens with zero attached hydrogens (tertiary/aromatic N) is 1. The largest absolute Gasteiger partial charge is 0.395 e. The van der Waals surface area contributed by atoms with Crippen molar-refractivity contribution >= 4 is 0 Å². The summed E-state index contributed by atoms with van der Waals surface area (Å²) in [5.41, 5.74) is 0.391. The van der Waals surface area contributed by atoms with Crippen LogP contribution >= 0.6 is 0 Å². The summed E-state index contributed by atoms with van der Waals surface area (Å²) in [7, 11) is 0. The molecule has 1 fully saturated rings. The van der Waals surface area contributed by atoms with E-state index in [2.05, 4.69) is 37.9 Å². The molecule has 3 nitrogen and oxygen atoms in total. The van der Waals surface area contributed by atoms with E-state index in [1.54, 1.807) is 0 Å². The molecule has 0 aromatic carbocycles. The van der Waals surface area contributed by atoms with E-state index in [0.29, 0.717) is 17.5 Å². The normalized spacial score (nSPS) is 25.4. The predicted octanol–water partition coefficient (Wildman–Crippen LogP) is 1.08. The molecule has 0 spiro atoms. The number of nitrogens with one attached hydrogen (secondary N) is 1. The van der Waals surface area contributed by atoms with Crippen molar-refractivity contribution < 1.29 is 5.11 Å². The molecule has 0 aliphatic carbocycles. The fourth-order valence-corrected chi connectivity index (χ4v) is 2.25. The van der Waals surface area contributed by atoms with Gasteiger partial charge in [-0.1, -0.05) is 13.8 Å². The molecule has 1 heterocycles. The van der Waals surface area contributed by atoms with E-state index in [4.69, 9.17) is 5.11 Å². The molecule has 1 saturated heterocycles. The Hall–Kier alpha value is -0.120. The lowest BCUT2D eigenvalue weighted by atomic mass is 9.84. The van der Waals surface area contributed by atoms with Gasteiger partial charge in [-0.05, 0) is 32.2 Å². The van der Waals surface area contributed by atoms with E-state index < -0.39 is 0 Å². The molecule has 0 saturated carbocycles. The Morgan fingerprint density at radius 3 is 2.53 bits per heavy atom. The molecule has 2 N–H and O–H groups in total. The van der Waals surface area contributed by atoms with Crippen LogP contribution in [-0.2, 0) is 0 Å². The Balaban J connectivity index is 2.50. The summed E-state index contributed by atoms with van der Waals surface area (Å²) in [6.07, 6.45) is 1.25. The first-order valence-electron chi connectivity index (χ1n) is 6.05. The van der Waals surface area contributed by atoms with Gasteiger partial charge in [0, 0.05) is 25.2 Å². The summed E-state index contributed by atoms with van der Waals surface area (Å²) in [6, 6.07) is 1.07. The topological polar surface area (TPSA) is 35.5 Å². The van der Waals surface area contributed by atoms with Crippen molar-refractivity contribution in [1.82, 2.24) is 10.2 Å². The smallest absolute Gasteiger partial charge is 0.0558 e. The van der Waals surface area contributed by atoms with Crippen molar-refractivity contribution in [2.75, 3.05) is 26.2 Å². The maximum absolute atomic E-state index is 9.03. The third kappa shape index (κ3) is 3.44. The Morgan fingerprint density at radius 1 is 1.47 bits per heavy atom. The molecule has 0 radical (unpaired) electrons. The van der Waals surface area contributed by atoms with Gasteiger partial charge in [0.25, 0.3) is 0 Å². The molecule has 90 valence electrons. The molecule has 1 aliphatic rings. The van der Waals surface area contributed by atoms with Crippen molar-refractivity contribution in [2.24, 2.45) is 5.41 Å². The molecular weight excluding hydrogens is 188 g/mol. The van der Waals surface area contributed by atoms with Crippen molar-refractivity contribution in [2.45, 2.75) is 46.2 Å². The van der Waals surface area contributed by atoms with Gasteiger partial charge in [0.1, 0.15) is 0 Å². The maximum atomic E-state index is 9.03. The zero-order valence-corrected chi connectivity index (χ0v) is 10.6. The molecule has 0 aromatic rings. The van der Waals surface area contributed by atoms with E-state index in [0.717, 1.165) is 19.6 Å². The second-order valence-electron chi connectivity index (χ2n) is 5.56. The van der Waals surface area contributed by atoms with Crippen molar-refractivity contribution in [3.8, 4) is 0 Å². The molecule has 1 aliphatic heterocycles. The second-order valence-corrected chi connectivity index (χ2v) is 5.56. The van der Waals surface area contributed by atoms with Gasteiger partial charge >= 0.3 is 0 Å². The van der Waals surface area contributed by atoms with Gasteiger partial charge < -0.3 is 10.4 Å². The van der Waals surface area contributed by atoms with Crippen LogP contribution in [0.1, 0.15) is 34.1 Å². The van der Waals surface area contributed by atoms with E-state index in [1.165, 1.54) is 6.42 Å². The Bertz CT molecular complexity index is 192. The fourth-order valence-electron chi connectivity index (χ4n) is 2.25. The lowest BCUT2D eigenvalue weighted by Gasteiger charge is -2.34. The summed E-state index contributed by atoms with van der Waals surface area (Å²) < 4.78 is 0. The zero-order valence-electron chi connectivity index (χ0n) is 10.6. The summed E-state index contributed by atoms with van der Waals surface area (Å²) in [6.45, 7) is 12.3. The van der Waals surface area contributed by atoms with Crippen LogP contribution in [0.15, 0.2) is 0 Å². The molecule has 15 heavy (non-hydrogen) atoms. The molecule has 1 unspecified atom stereocenters. The summed E-state index contributed by atoms with van der Waals surface area (Å²) in [4.78, 5) is 2.35. The molecule has 1 atom stereocenters. The van der Waals surface area contributed by atoms with E-state index in [1.807, 2.05) is 0 Å². The quantitative estimate of drug-likeness (QED) is 0.719. The highest BCUT2D eigenvalue weighted by Crippen LogP contribution is 2.30. The minimum atomic E-state index is 0.255. The molecule has 0 aromatic heterocycles.